The van der Waals surface area contributed by atoms with Crippen molar-refractivity contribution in [2.45, 2.75) is 26.1 Å². The third-order valence-corrected chi connectivity index (χ3v) is 2.91. The van der Waals surface area contributed by atoms with Gasteiger partial charge in [0.2, 0.25) is 0 Å². The minimum atomic E-state index is -4.56. The van der Waals surface area contributed by atoms with Gasteiger partial charge in [-0.3, -0.25) is 0 Å². The molecule has 1 N–H and O–H groups in total. The van der Waals surface area contributed by atoms with Crippen LogP contribution in [0.2, 0.25) is 0 Å². The Hall–Kier alpha value is -1.89. The predicted molar refractivity (Wildman–Crippen MR) is 70.5 cm³/mol. The summed E-state index contributed by atoms with van der Waals surface area (Å²) in [5.74, 6) is -0.609. The first-order valence-corrected chi connectivity index (χ1v) is 6.54. The van der Waals surface area contributed by atoms with Crippen LogP contribution in [0.15, 0.2) is 30.5 Å². The second-order valence-electron chi connectivity index (χ2n) is 4.58. The van der Waals surface area contributed by atoms with Crippen LogP contribution in [0.4, 0.5) is 17.6 Å². The summed E-state index contributed by atoms with van der Waals surface area (Å²) in [4.78, 5) is 0. The molecule has 0 atom stereocenters. The van der Waals surface area contributed by atoms with Gasteiger partial charge in [-0.15, -0.1) is 0 Å². The van der Waals surface area contributed by atoms with Crippen LogP contribution in [0.25, 0.3) is 5.69 Å². The Morgan fingerprint density at radius 3 is 2.67 bits per heavy atom. The first-order valence-electron chi connectivity index (χ1n) is 6.54. The average Bonchev–Trinajstić information content (AvgIpc) is 2.83. The van der Waals surface area contributed by atoms with Gasteiger partial charge in [0, 0.05) is 12.1 Å². The van der Waals surface area contributed by atoms with Gasteiger partial charge in [-0.1, -0.05) is 13.0 Å². The van der Waals surface area contributed by atoms with E-state index in [-0.39, 0.29) is 17.8 Å². The molecule has 114 valence electrons. The molecule has 2 rings (SSSR count). The van der Waals surface area contributed by atoms with E-state index < -0.39 is 17.7 Å². The van der Waals surface area contributed by atoms with E-state index in [4.69, 9.17) is 0 Å². The van der Waals surface area contributed by atoms with Crippen molar-refractivity contribution >= 4 is 0 Å². The lowest BCUT2D eigenvalue weighted by atomic mass is 10.2. The second-order valence-corrected chi connectivity index (χ2v) is 4.58. The molecule has 2 aromatic rings. The minimum Gasteiger partial charge on any atom is -0.313 e. The predicted octanol–water partition coefficient (Wildman–Crippen LogP) is 3.53. The third kappa shape index (κ3) is 3.60. The number of hydrogen-bond acceptors (Lipinski definition) is 2. The number of halogens is 4. The van der Waals surface area contributed by atoms with Gasteiger partial charge in [-0.2, -0.15) is 18.3 Å². The van der Waals surface area contributed by atoms with Crippen molar-refractivity contribution in [1.82, 2.24) is 15.1 Å². The lowest BCUT2D eigenvalue weighted by Crippen LogP contribution is -2.20. The van der Waals surface area contributed by atoms with E-state index in [1.54, 1.807) is 0 Å². The summed E-state index contributed by atoms with van der Waals surface area (Å²) in [6.45, 7) is 2.61. The third-order valence-electron chi connectivity index (χ3n) is 2.91. The van der Waals surface area contributed by atoms with E-state index >= 15 is 0 Å². The molecule has 1 heterocycles. The van der Waals surface area contributed by atoms with E-state index in [9.17, 15) is 17.6 Å². The smallest absolute Gasteiger partial charge is 0.313 e. The fourth-order valence-corrected chi connectivity index (χ4v) is 2.02. The van der Waals surface area contributed by atoms with E-state index in [1.807, 2.05) is 6.92 Å². The normalized spacial score (nSPS) is 11.9. The maximum atomic E-state index is 13.3. The van der Waals surface area contributed by atoms with Crippen molar-refractivity contribution in [2.24, 2.45) is 0 Å². The molecular formula is C14H15F4N3. The molecule has 0 aliphatic carbocycles. The highest BCUT2D eigenvalue weighted by Crippen LogP contribution is 2.33. The van der Waals surface area contributed by atoms with Crippen LogP contribution in [-0.2, 0) is 12.7 Å². The van der Waals surface area contributed by atoms with Crippen molar-refractivity contribution in [1.29, 1.82) is 0 Å². The molecule has 0 aliphatic rings. The Kier molecular flexibility index (Phi) is 4.62. The number of hydrogen-bond donors (Lipinski definition) is 1. The maximum absolute atomic E-state index is 13.3. The molecule has 0 aliphatic heterocycles. The summed E-state index contributed by atoms with van der Waals surface area (Å²) in [5, 5.41) is 6.68. The fourth-order valence-electron chi connectivity index (χ4n) is 2.02. The summed E-state index contributed by atoms with van der Waals surface area (Å²) in [6, 6.07) is 4.92. The Morgan fingerprint density at radius 1 is 1.29 bits per heavy atom. The van der Waals surface area contributed by atoms with Gasteiger partial charge < -0.3 is 5.32 Å². The summed E-state index contributed by atoms with van der Waals surface area (Å²) >= 11 is 0. The van der Waals surface area contributed by atoms with Crippen LogP contribution in [0.1, 0.15) is 24.6 Å². The Bertz CT molecular complexity index is 605. The van der Waals surface area contributed by atoms with Crippen LogP contribution >= 0.6 is 0 Å². The van der Waals surface area contributed by atoms with E-state index in [0.29, 0.717) is 6.54 Å². The highest BCUT2D eigenvalue weighted by molar-refractivity contribution is 5.36. The van der Waals surface area contributed by atoms with Crippen molar-refractivity contribution in [3.63, 3.8) is 0 Å². The number of rotatable bonds is 5. The molecule has 0 amide bonds. The van der Waals surface area contributed by atoms with Crippen LogP contribution in [0.5, 0.6) is 0 Å². The Labute approximate surface area is 119 Å². The molecule has 21 heavy (non-hydrogen) atoms. The second kappa shape index (κ2) is 6.26. The van der Waals surface area contributed by atoms with Crippen LogP contribution in [0.3, 0.4) is 0 Å². The minimum absolute atomic E-state index is 0.0419. The van der Waals surface area contributed by atoms with Crippen molar-refractivity contribution in [3.05, 3.63) is 47.5 Å². The standard InChI is InChI=1S/C14H15F4N3/c1-2-6-19-8-10-9-20-21(13(10)14(16,17)18)12-5-3-4-11(15)7-12/h3-5,7,9,19H,2,6,8H2,1H3. The zero-order valence-electron chi connectivity index (χ0n) is 11.4. The number of nitrogens with one attached hydrogen (secondary N) is 1. The zero-order valence-corrected chi connectivity index (χ0v) is 11.4. The first-order chi connectivity index (χ1) is 9.93. The number of aromatic nitrogens is 2. The summed E-state index contributed by atoms with van der Waals surface area (Å²) in [7, 11) is 0. The number of nitrogens with zero attached hydrogens (tertiary/aromatic N) is 2. The van der Waals surface area contributed by atoms with Gasteiger partial charge in [0.05, 0.1) is 11.9 Å². The Morgan fingerprint density at radius 2 is 2.05 bits per heavy atom. The van der Waals surface area contributed by atoms with Crippen LogP contribution in [-0.4, -0.2) is 16.3 Å². The highest BCUT2D eigenvalue weighted by atomic mass is 19.4. The van der Waals surface area contributed by atoms with Crippen molar-refractivity contribution < 1.29 is 17.6 Å². The van der Waals surface area contributed by atoms with Gasteiger partial charge >= 0.3 is 6.18 Å². The van der Waals surface area contributed by atoms with Gasteiger partial charge in [0.1, 0.15) is 5.82 Å². The average molecular weight is 301 g/mol. The van der Waals surface area contributed by atoms with E-state index in [1.165, 1.54) is 18.2 Å². The molecule has 7 heteroatoms. The zero-order chi connectivity index (χ0) is 15.5. The summed E-state index contributed by atoms with van der Waals surface area (Å²) in [6.07, 6.45) is -2.58. The molecule has 0 bridgehead atoms. The molecule has 0 saturated carbocycles. The van der Waals surface area contributed by atoms with Crippen LogP contribution < -0.4 is 5.32 Å². The fraction of sp³-hybridized carbons (Fsp3) is 0.357. The molecule has 1 aromatic carbocycles. The van der Waals surface area contributed by atoms with Crippen molar-refractivity contribution in [2.75, 3.05) is 6.54 Å². The SMILES string of the molecule is CCCNCc1cnn(-c2cccc(F)c2)c1C(F)(F)F. The number of benzene rings is 1. The maximum Gasteiger partial charge on any atom is 0.433 e. The molecule has 0 saturated heterocycles. The molecular weight excluding hydrogens is 286 g/mol. The highest BCUT2D eigenvalue weighted by Gasteiger charge is 2.38. The molecule has 1 aromatic heterocycles. The molecule has 3 nitrogen and oxygen atoms in total. The quantitative estimate of drug-likeness (QED) is 0.676. The Balaban J connectivity index is 2.42. The van der Waals surface area contributed by atoms with Gasteiger partial charge in [0.15, 0.2) is 5.69 Å². The monoisotopic (exact) mass is 301 g/mol. The van der Waals surface area contributed by atoms with Gasteiger partial charge in [-0.05, 0) is 31.2 Å². The van der Waals surface area contributed by atoms with Gasteiger partial charge in [-0.25, -0.2) is 9.07 Å². The molecule has 0 radical (unpaired) electrons. The largest absolute Gasteiger partial charge is 0.433 e. The number of alkyl halides is 3. The lowest BCUT2D eigenvalue weighted by Gasteiger charge is -2.13. The molecule has 0 unspecified atom stereocenters. The molecule has 0 spiro atoms. The van der Waals surface area contributed by atoms with Crippen molar-refractivity contribution in [3.8, 4) is 5.69 Å². The van der Waals surface area contributed by atoms with Crippen LogP contribution in [0, 0.1) is 5.82 Å². The summed E-state index contributed by atoms with van der Waals surface area (Å²) < 4.78 is 53.7. The van der Waals surface area contributed by atoms with Gasteiger partial charge in [0.25, 0.3) is 0 Å². The van der Waals surface area contributed by atoms with E-state index in [2.05, 4.69) is 10.4 Å². The first kappa shape index (κ1) is 15.5. The molecule has 0 fully saturated rings. The topological polar surface area (TPSA) is 29.9 Å². The lowest BCUT2D eigenvalue weighted by molar-refractivity contribution is -0.143. The summed E-state index contributed by atoms with van der Waals surface area (Å²) in [5.41, 5.74) is -0.791. The van der Waals surface area contributed by atoms with E-state index in [0.717, 1.165) is 23.4 Å².